The van der Waals surface area contributed by atoms with Crippen LogP contribution >= 0.6 is 15.9 Å². The number of nitrogens with zero attached hydrogens (tertiary/aromatic N) is 3. The second kappa shape index (κ2) is 9.83. The molecule has 0 aliphatic carbocycles. The van der Waals surface area contributed by atoms with Crippen molar-refractivity contribution in [1.29, 1.82) is 0 Å². The molecular formula is C27H23BrF2N4O2. The number of anilines is 1. The second-order valence-corrected chi connectivity index (χ2v) is 9.54. The number of rotatable bonds is 6. The highest BCUT2D eigenvalue weighted by atomic mass is 79.9. The standard InChI is InChI=1S/C27H23BrF2N4O2/c1-16-26(35)33(13-12-17-2-11-24(31)23(30)14-17)27(36-16)22-15-34(21-9-5-19(28)6-10-21)32-25(22)18-3-7-20(29)8-4-18/h2-11,14-16,27H,12-13,31H2,1H3/t16-,27+/m0/s1. The van der Waals surface area contributed by atoms with Gasteiger partial charge in [-0.05, 0) is 79.6 Å². The molecule has 6 nitrogen and oxygen atoms in total. The molecule has 0 bridgehead atoms. The zero-order valence-electron chi connectivity index (χ0n) is 19.4. The van der Waals surface area contributed by atoms with E-state index in [-0.39, 0.29) is 17.4 Å². The summed E-state index contributed by atoms with van der Waals surface area (Å²) >= 11 is 3.44. The van der Waals surface area contributed by atoms with E-state index in [0.29, 0.717) is 29.8 Å². The lowest BCUT2D eigenvalue weighted by Gasteiger charge is -2.23. The van der Waals surface area contributed by atoms with Crippen LogP contribution in [0.3, 0.4) is 0 Å². The highest BCUT2D eigenvalue weighted by Crippen LogP contribution is 2.37. The summed E-state index contributed by atoms with van der Waals surface area (Å²) in [6, 6.07) is 18.3. The first-order valence-electron chi connectivity index (χ1n) is 11.4. The van der Waals surface area contributed by atoms with E-state index < -0.39 is 18.1 Å². The van der Waals surface area contributed by atoms with Crippen LogP contribution in [-0.4, -0.2) is 33.2 Å². The molecule has 0 radical (unpaired) electrons. The molecular weight excluding hydrogens is 530 g/mol. The van der Waals surface area contributed by atoms with Crippen LogP contribution in [-0.2, 0) is 16.0 Å². The molecule has 1 aromatic heterocycles. The van der Waals surface area contributed by atoms with E-state index in [1.54, 1.807) is 34.7 Å². The van der Waals surface area contributed by atoms with E-state index in [0.717, 1.165) is 15.7 Å². The largest absolute Gasteiger partial charge is 0.396 e. The van der Waals surface area contributed by atoms with Gasteiger partial charge in [0.2, 0.25) is 0 Å². The predicted octanol–water partition coefficient (Wildman–Crippen LogP) is 5.65. The van der Waals surface area contributed by atoms with Gasteiger partial charge in [0, 0.05) is 28.3 Å². The number of hydrogen-bond donors (Lipinski definition) is 1. The van der Waals surface area contributed by atoms with E-state index >= 15 is 0 Å². The van der Waals surface area contributed by atoms with Crippen molar-refractivity contribution in [2.45, 2.75) is 25.7 Å². The number of ether oxygens (including phenoxy) is 1. The summed E-state index contributed by atoms with van der Waals surface area (Å²) in [6.45, 7) is 2.01. The minimum atomic E-state index is -0.713. The average molecular weight is 553 g/mol. The summed E-state index contributed by atoms with van der Waals surface area (Å²) < 4.78 is 36.3. The van der Waals surface area contributed by atoms with Crippen LogP contribution < -0.4 is 5.73 Å². The summed E-state index contributed by atoms with van der Waals surface area (Å²) in [6.07, 6.45) is 0.876. The summed E-state index contributed by atoms with van der Waals surface area (Å²) in [4.78, 5) is 14.7. The number of nitrogens with two attached hydrogens (primary N) is 1. The van der Waals surface area contributed by atoms with Crippen molar-refractivity contribution < 1.29 is 18.3 Å². The molecule has 2 N–H and O–H groups in total. The lowest BCUT2D eigenvalue weighted by atomic mass is 10.1. The van der Waals surface area contributed by atoms with Crippen LogP contribution in [0.25, 0.3) is 16.9 Å². The van der Waals surface area contributed by atoms with Crippen LogP contribution in [0, 0.1) is 11.6 Å². The third kappa shape index (κ3) is 4.76. The molecule has 1 aliphatic heterocycles. The molecule has 3 aromatic carbocycles. The van der Waals surface area contributed by atoms with Crippen LogP contribution in [0.2, 0.25) is 0 Å². The van der Waals surface area contributed by atoms with Crippen LogP contribution in [0.4, 0.5) is 14.5 Å². The fraction of sp³-hybridized carbons (Fsp3) is 0.185. The monoisotopic (exact) mass is 552 g/mol. The van der Waals surface area contributed by atoms with Gasteiger partial charge in [-0.25, -0.2) is 13.5 Å². The molecule has 1 amide bonds. The van der Waals surface area contributed by atoms with Crippen molar-refractivity contribution in [3.8, 4) is 16.9 Å². The third-order valence-electron chi connectivity index (χ3n) is 6.17. The minimum absolute atomic E-state index is 0.0788. The first-order chi connectivity index (χ1) is 17.3. The van der Waals surface area contributed by atoms with Gasteiger partial charge in [-0.3, -0.25) is 4.79 Å². The van der Waals surface area contributed by atoms with Crippen molar-refractivity contribution >= 4 is 27.5 Å². The Morgan fingerprint density at radius 3 is 2.47 bits per heavy atom. The predicted molar refractivity (Wildman–Crippen MR) is 136 cm³/mol. The summed E-state index contributed by atoms with van der Waals surface area (Å²) in [5.74, 6) is -1.01. The van der Waals surface area contributed by atoms with Gasteiger partial charge in [-0.15, -0.1) is 0 Å². The normalized spacial score (nSPS) is 17.7. The number of nitrogen functional groups attached to an aromatic ring is 1. The van der Waals surface area contributed by atoms with Gasteiger partial charge in [0.1, 0.15) is 23.4 Å². The maximum absolute atomic E-state index is 13.9. The smallest absolute Gasteiger partial charge is 0.253 e. The fourth-order valence-electron chi connectivity index (χ4n) is 4.24. The Bertz CT molecular complexity index is 1410. The highest BCUT2D eigenvalue weighted by Gasteiger charge is 2.40. The zero-order valence-corrected chi connectivity index (χ0v) is 21.0. The van der Waals surface area contributed by atoms with Crippen LogP contribution in [0.15, 0.2) is 77.4 Å². The number of carbonyl (C=O) groups is 1. The van der Waals surface area contributed by atoms with Crippen LogP contribution in [0.5, 0.6) is 0 Å². The number of hydrogen-bond acceptors (Lipinski definition) is 4. The number of aromatic nitrogens is 2. The Morgan fingerprint density at radius 2 is 1.78 bits per heavy atom. The topological polar surface area (TPSA) is 73.4 Å². The molecule has 2 heterocycles. The Labute approximate surface area is 215 Å². The molecule has 0 saturated carbocycles. The molecule has 9 heteroatoms. The van der Waals surface area contributed by atoms with Gasteiger partial charge in [-0.1, -0.05) is 22.0 Å². The summed E-state index contributed by atoms with van der Waals surface area (Å²) in [5.41, 5.74) is 9.14. The molecule has 5 rings (SSSR count). The Kier molecular flexibility index (Phi) is 6.59. The Balaban J connectivity index is 1.53. The van der Waals surface area contributed by atoms with Gasteiger partial charge in [0.05, 0.1) is 11.4 Å². The summed E-state index contributed by atoms with van der Waals surface area (Å²) in [5, 5.41) is 4.78. The third-order valence-corrected chi connectivity index (χ3v) is 6.70. The van der Waals surface area contributed by atoms with Crippen molar-refractivity contribution in [1.82, 2.24) is 14.7 Å². The molecule has 2 atom stereocenters. The Morgan fingerprint density at radius 1 is 1.06 bits per heavy atom. The minimum Gasteiger partial charge on any atom is -0.396 e. The molecule has 4 aromatic rings. The van der Waals surface area contributed by atoms with Crippen molar-refractivity contribution in [3.05, 3.63) is 100 Å². The molecule has 1 aliphatic rings. The van der Waals surface area contributed by atoms with Crippen molar-refractivity contribution in [2.75, 3.05) is 12.3 Å². The number of benzene rings is 3. The van der Waals surface area contributed by atoms with E-state index in [9.17, 15) is 13.6 Å². The van der Waals surface area contributed by atoms with E-state index in [1.165, 1.54) is 24.3 Å². The van der Waals surface area contributed by atoms with Crippen LogP contribution in [0.1, 0.15) is 24.3 Å². The Hall–Kier alpha value is -3.56. The fourth-order valence-corrected chi connectivity index (χ4v) is 4.51. The average Bonchev–Trinajstić information content (AvgIpc) is 3.42. The van der Waals surface area contributed by atoms with Crippen molar-refractivity contribution in [3.63, 3.8) is 0 Å². The van der Waals surface area contributed by atoms with Gasteiger partial charge in [0.15, 0.2) is 6.23 Å². The molecule has 0 spiro atoms. The highest BCUT2D eigenvalue weighted by molar-refractivity contribution is 9.10. The first-order valence-corrected chi connectivity index (χ1v) is 12.2. The van der Waals surface area contributed by atoms with Crippen molar-refractivity contribution in [2.24, 2.45) is 0 Å². The molecule has 1 saturated heterocycles. The SMILES string of the molecule is C[C@@H]1O[C@H](c2cn(-c3ccc(Br)cc3)nc2-c2ccc(F)cc2)N(CCc2ccc(N)c(F)c2)C1=O. The maximum Gasteiger partial charge on any atom is 0.253 e. The van der Waals surface area contributed by atoms with Gasteiger partial charge >= 0.3 is 0 Å². The van der Waals surface area contributed by atoms with E-state index in [4.69, 9.17) is 15.6 Å². The first kappa shape index (κ1) is 24.1. The number of amides is 1. The van der Waals surface area contributed by atoms with Gasteiger partial charge in [0.25, 0.3) is 5.91 Å². The van der Waals surface area contributed by atoms with E-state index in [1.807, 2.05) is 30.5 Å². The quantitative estimate of drug-likeness (QED) is 0.313. The number of carbonyl (C=O) groups excluding carboxylic acids is 1. The molecule has 1 fully saturated rings. The van der Waals surface area contributed by atoms with E-state index in [2.05, 4.69) is 15.9 Å². The lowest BCUT2D eigenvalue weighted by molar-refractivity contribution is -0.130. The van der Waals surface area contributed by atoms with Gasteiger partial charge < -0.3 is 15.4 Å². The zero-order chi connectivity index (χ0) is 25.4. The molecule has 36 heavy (non-hydrogen) atoms. The lowest BCUT2D eigenvalue weighted by Crippen LogP contribution is -2.32. The van der Waals surface area contributed by atoms with Gasteiger partial charge in [-0.2, -0.15) is 5.10 Å². The second-order valence-electron chi connectivity index (χ2n) is 8.63. The molecule has 184 valence electrons. The maximum atomic E-state index is 13.9. The number of halogens is 3. The summed E-state index contributed by atoms with van der Waals surface area (Å²) in [7, 11) is 0. The molecule has 0 unspecified atom stereocenters.